The van der Waals surface area contributed by atoms with E-state index >= 15 is 0 Å². The van der Waals surface area contributed by atoms with Crippen LogP contribution in [0, 0.1) is 0 Å². The Morgan fingerprint density at radius 3 is 1.69 bits per heavy atom. The molecule has 0 atom stereocenters. The first-order valence-corrected chi connectivity index (χ1v) is 19.4. The molecule has 0 heteroatoms. The Morgan fingerprint density at radius 1 is 0.273 bits per heavy atom. The van der Waals surface area contributed by atoms with Gasteiger partial charge in [0.25, 0.3) is 0 Å². The second-order valence-corrected chi connectivity index (χ2v) is 15.6. The van der Waals surface area contributed by atoms with Gasteiger partial charge in [0, 0.05) is 5.41 Å². The molecule has 1 aliphatic carbocycles. The number of hydrogen-bond donors (Lipinski definition) is 0. The predicted octanol–water partition coefficient (Wildman–Crippen LogP) is 15.3. The summed E-state index contributed by atoms with van der Waals surface area (Å²) in [5.41, 5.74) is 15.4. The fraction of sp³-hybridized carbons (Fsp3) is 0.0545. The second kappa shape index (κ2) is 12.1. The molecular weight excluding hydrogens is 661 g/mol. The van der Waals surface area contributed by atoms with Crippen LogP contribution in [0.1, 0.15) is 25.0 Å². The van der Waals surface area contributed by atoms with E-state index in [1.807, 2.05) is 0 Å². The van der Waals surface area contributed by atoms with E-state index in [9.17, 15) is 0 Å². The highest BCUT2D eigenvalue weighted by Gasteiger charge is 2.37. The SMILES string of the molecule is CC1(C)c2ccccc2-c2c(-c3c4ccccc4c(-c4cccc(-c5cc6ccccc6c6ccccc56)c4)c4ccc(-c5ccccc5)cc34)cccc21. The van der Waals surface area contributed by atoms with Crippen LogP contribution in [0.5, 0.6) is 0 Å². The Labute approximate surface area is 322 Å². The van der Waals surface area contributed by atoms with Gasteiger partial charge in [0.15, 0.2) is 0 Å². The minimum absolute atomic E-state index is 0.0872. The first-order chi connectivity index (χ1) is 27.1. The number of rotatable bonds is 4. The predicted molar refractivity (Wildman–Crippen MR) is 236 cm³/mol. The van der Waals surface area contributed by atoms with Gasteiger partial charge in [-0.15, -0.1) is 0 Å². The minimum Gasteiger partial charge on any atom is -0.0622 e. The quantitative estimate of drug-likeness (QED) is 0.127. The summed E-state index contributed by atoms with van der Waals surface area (Å²) in [6, 6.07) is 72.2. The highest BCUT2D eigenvalue weighted by Crippen LogP contribution is 2.55. The molecule has 0 nitrogen and oxygen atoms in total. The minimum atomic E-state index is -0.0872. The maximum absolute atomic E-state index is 2.45. The molecule has 0 bridgehead atoms. The highest BCUT2D eigenvalue weighted by atomic mass is 14.4. The van der Waals surface area contributed by atoms with Crippen LogP contribution < -0.4 is 0 Å². The van der Waals surface area contributed by atoms with E-state index in [1.54, 1.807) is 0 Å². The Bertz CT molecular complexity index is 3160. The van der Waals surface area contributed by atoms with Gasteiger partial charge in [-0.3, -0.25) is 0 Å². The van der Waals surface area contributed by atoms with Gasteiger partial charge in [-0.25, -0.2) is 0 Å². The van der Waals surface area contributed by atoms with E-state index < -0.39 is 0 Å². The highest BCUT2D eigenvalue weighted by molar-refractivity contribution is 6.23. The Hall–Kier alpha value is -6.76. The molecule has 10 aromatic rings. The summed E-state index contributed by atoms with van der Waals surface area (Å²) in [6.45, 7) is 4.75. The molecule has 10 aromatic carbocycles. The van der Waals surface area contributed by atoms with Gasteiger partial charge in [0.2, 0.25) is 0 Å². The summed E-state index contributed by atoms with van der Waals surface area (Å²) in [5, 5.41) is 10.2. The Kier molecular flexibility index (Phi) is 7.00. The van der Waals surface area contributed by atoms with Crippen LogP contribution in [-0.4, -0.2) is 0 Å². The molecule has 0 aliphatic heterocycles. The lowest BCUT2D eigenvalue weighted by Crippen LogP contribution is -2.14. The standard InChI is InChI=1S/C55H38/c1-55(2)50-28-13-12-26-46(50)54-47(27-15-29-51(54)55)53-44-25-11-10-24-43(44)52(45-31-30-36(33-49(45)53)35-16-4-3-5-17-35)39-20-14-19-37(32-39)48-34-38-18-6-7-21-40(38)41-22-8-9-23-42(41)48/h3-34H,1-2H3. The lowest BCUT2D eigenvalue weighted by molar-refractivity contribution is 0.660. The molecule has 0 N–H and O–H groups in total. The smallest absolute Gasteiger partial charge is 0.0159 e. The topological polar surface area (TPSA) is 0 Å². The van der Waals surface area contributed by atoms with Crippen molar-refractivity contribution in [3.05, 3.63) is 205 Å². The molecule has 1 aliphatic rings. The van der Waals surface area contributed by atoms with Gasteiger partial charge >= 0.3 is 0 Å². The fourth-order valence-electron chi connectivity index (χ4n) is 9.69. The van der Waals surface area contributed by atoms with E-state index in [2.05, 4.69) is 208 Å². The fourth-order valence-corrected chi connectivity index (χ4v) is 9.69. The zero-order valence-electron chi connectivity index (χ0n) is 31.0. The molecule has 0 fully saturated rings. The zero-order valence-corrected chi connectivity index (χ0v) is 31.0. The lowest BCUT2D eigenvalue weighted by Gasteiger charge is -2.23. The molecular formula is C55H38. The summed E-state index contributed by atoms with van der Waals surface area (Å²) < 4.78 is 0. The molecule has 0 heterocycles. The van der Waals surface area contributed by atoms with Crippen LogP contribution in [0.15, 0.2) is 194 Å². The molecule has 0 saturated heterocycles. The normalized spacial score (nSPS) is 13.1. The van der Waals surface area contributed by atoms with E-state index in [-0.39, 0.29) is 5.41 Å². The average Bonchev–Trinajstić information content (AvgIpc) is 3.48. The number of hydrogen-bond acceptors (Lipinski definition) is 0. The monoisotopic (exact) mass is 698 g/mol. The molecule has 0 saturated carbocycles. The molecule has 0 aromatic heterocycles. The van der Waals surface area contributed by atoms with Crippen LogP contribution in [-0.2, 0) is 5.41 Å². The maximum atomic E-state index is 2.45. The van der Waals surface area contributed by atoms with Crippen LogP contribution in [0.3, 0.4) is 0 Å². The van der Waals surface area contributed by atoms with Gasteiger partial charge in [-0.1, -0.05) is 190 Å². The van der Waals surface area contributed by atoms with Crippen molar-refractivity contribution in [3.63, 3.8) is 0 Å². The molecule has 258 valence electrons. The van der Waals surface area contributed by atoms with Crippen molar-refractivity contribution < 1.29 is 0 Å². The Balaban J connectivity index is 1.23. The van der Waals surface area contributed by atoms with E-state index in [1.165, 1.54) is 110 Å². The van der Waals surface area contributed by atoms with Crippen molar-refractivity contribution in [2.24, 2.45) is 0 Å². The third kappa shape index (κ3) is 4.78. The van der Waals surface area contributed by atoms with Crippen LogP contribution >= 0.6 is 0 Å². The third-order valence-electron chi connectivity index (χ3n) is 12.2. The van der Waals surface area contributed by atoms with Gasteiger partial charge in [0.1, 0.15) is 0 Å². The zero-order chi connectivity index (χ0) is 36.7. The van der Waals surface area contributed by atoms with Crippen molar-refractivity contribution in [1.82, 2.24) is 0 Å². The van der Waals surface area contributed by atoms with Crippen molar-refractivity contribution >= 4 is 43.1 Å². The van der Waals surface area contributed by atoms with Gasteiger partial charge in [-0.2, -0.15) is 0 Å². The van der Waals surface area contributed by atoms with Gasteiger partial charge < -0.3 is 0 Å². The maximum Gasteiger partial charge on any atom is 0.0159 e. The van der Waals surface area contributed by atoms with Crippen LogP contribution in [0.4, 0.5) is 0 Å². The first kappa shape index (κ1) is 31.7. The van der Waals surface area contributed by atoms with Gasteiger partial charge in [0.05, 0.1) is 0 Å². The molecule has 55 heavy (non-hydrogen) atoms. The summed E-state index contributed by atoms with van der Waals surface area (Å²) in [4.78, 5) is 0. The summed E-state index contributed by atoms with van der Waals surface area (Å²) in [6.07, 6.45) is 0. The molecule has 11 rings (SSSR count). The largest absolute Gasteiger partial charge is 0.0622 e. The van der Waals surface area contributed by atoms with Crippen molar-refractivity contribution in [2.75, 3.05) is 0 Å². The summed E-state index contributed by atoms with van der Waals surface area (Å²) >= 11 is 0. The third-order valence-corrected chi connectivity index (χ3v) is 12.2. The molecule has 0 radical (unpaired) electrons. The van der Waals surface area contributed by atoms with Gasteiger partial charge in [-0.05, 0) is 128 Å². The lowest BCUT2D eigenvalue weighted by atomic mass is 9.80. The Morgan fingerprint density at radius 2 is 0.855 bits per heavy atom. The van der Waals surface area contributed by atoms with Crippen molar-refractivity contribution in [2.45, 2.75) is 19.3 Å². The molecule has 0 spiro atoms. The second-order valence-electron chi connectivity index (χ2n) is 15.6. The average molecular weight is 699 g/mol. The number of fused-ring (bicyclic) bond motifs is 8. The van der Waals surface area contributed by atoms with Crippen LogP contribution in [0.25, 0.3) is 98.7 Å². The first-order valence-electron chi connectivity index (χ1n) is 19.4. The van der Waals surface area contributed by atoms with Crippen molar-refractivity contribution in [1.29, 1.82) is 0 Å². The molecule has 0 unspecified atom stereocenters. The number of benzene rings is 10. The van der Waals surface area contributed by atoms with E-state index in [4.69, 9.17) is 0 Å². The van der Waals surface area contributed by atoms with Crippen molar-refractivity contribution in [3.8, 4) is 55.6 Å². The van der Waals surface area contributed by atoms with Crippen LogP contribution in [0.2, 0.25) is 0 Å². The van der Waals surface area contributed by atoms with E-state index in [0.29, 0.717) is 0 Å². The summed E-state index contributed by atoms with van der Waals surface area (Å²) in [5.74, 6) is 0. The summed E-state index contributed by atoms with van der Waals surface area (Å²) in [7, 11) is 0. The van der Waals surface area contributed by atoms with E-state index in [0.717, 1.165) is 0 Å². The molecule has 0 amide bonds.